The summed E-state index contributed by atoms with van der Waals surface area (Å²) in [5, 5.41) is 3.39. The van der Waals surface area contributed by atoms with Crippen LogP contribution in [0, 0.1) is 5.95 Å². The summed E-state index contributed by atoms with van der Waals surface area (Å²) in [6.07, 6.45) is 4.00. The quantitative estimate of drug-likeness (QED) is 0.502. The fraction of sp³-hybridized carbons (Fsp3) is 0.261. The zero-order valence-corrected chi connectivity index (χ0v) is 16.6. The van der Waals surface area contributed by atoms with Gasteiger partial charge < -0.3 is 10.3 Å². The van der Waals surface area contributed by atoms with Gasteiger partial charge in [0.05, 0.1) is 11.0 Å². The van der Waals surface area contributed by atoms with Gasteiger partial charge in [0.15, 0.2) is 0 Å². The number of halogens is 1. The first-order valence-electron chi connectivity index (χ1n) is 10.2. The van der Waals surface area contributed by atoms with E-state index >= 15 is 0 Å². The van der Waals surface area contributed by atoms with Gasteiger partial charge in [0.1, 0.15) is 5.82 Å². The van der Waals surface area contributed by atoms with Gasteiger partial charge in [-0.3, -0.25) is 9.88 Å². The van der Waals surface area contributed by atoms with Crippen LogP contribution in [0.2, 0.25) is 0 Å². The maximum Gasteiger partial charge on any atom is 0.213 e. The van der Waals surface area contributed by atoms with Crippen LogP contribution in [-0.2, 0) is 13.0 Å². The normalized spacial score (nSPS) is 15.0. The third kappa shape index (κ3) is 4.22. The molecule has 0 spiro atoms. The lowest BCUT2D eigenvalue weighted by atomic mass is 10.1. The van der Waals surface area contributed by atoms with Crippen molar-refractivity contribution >= 4 is 11.0 Å². The summed E-state index contributed by atoms with van der Waals surface area (Å²) in [6.45, 7) is 5.19. The number of nitrogens with zero attached hydrogens (tertiary/aromatic N) is 4. The number of benzene rings is 1. The van der Waals surface area contributed by atoms with Gasteiger partial charge in [-0.25, -0.2) is 9.97 Å². The second-order valence-corrected chi connectivity index (χ2v) is 7.64. The van der Waals surface area contributed by atoms with Gasteiger partial charge in [0, 0.05) is 63.3 Å². The minimum atomic E-state index is -0.482. The molecule has 4 heterocycles. The van der Waals surface area contributed by atoms with E-state index in [4.69, 9.17) is 4.98 Å². The molecule has 1 aliphatic heterocycles. The van der Waals surface area contributed by atoms with Gasteiger partial charge >= 0.3 is 0 Å². The molecule has 1 fully saturated rings. The summed E-state index contributed by atoms with van der Waals surface area (Å²) in [7, 11) is 0. The molecule has 1 saturated heterocycles. The molecule has 2 N–H and O–H groups in total. The molecule has 0 atom stereocenters. The van der Waals surface area contributed by atoms with Crippen molar-refractivity contribution in [3.63, 3.8) is 0 Å². The minimum absolute atomic E-state index is 0.482. The molecule has 0 amide bonds. The highest BCUT2D eigenvalue weighted by molar-refractivity contribution is 5.82. The van der Waals surface area contributed by atoms with Crippen molar-refractivity contribution in [2.45, 2.75) is 13.0 Å². The molecular weight excluding hydrogens is 379 g/mol. The number of rotatable bonds is 5. The number of H-pyrrole nitrogens is 1. The highest BCUT2D eigenvalue weighted by Crippen LogP contribution is 2.24. The lowest BCUT2D eigenvalue weighted by Crippen LogP contribution is -2.42. The van der Waals surface area contributed by atoms with E-state index in [-0.39, 0.29) is 0 Å². The zero-order chi connectivity index (χ0) is 20.3. The molecule has 7 heteroatoms. The standard InChI is InChI=1S/C23H23FN6/c24-22-13-18(4-6-27-22)17-1-2-20-21(12-17)29-23(28-20)14-19-11-16(3-5-26-19)15-30-9-7-25-8-10-30/h1-6,11-13,25H,7-10,14-15H2,(H,28,29). The summed E-state index contributed by atoms with van der Waals surface area (Å²) >= 11 is 0. The van der Waals surface area contributed by atoms with Gasteiger partial charge in [0.25, 0.3) is 0 Å². The van der Waals surface area contributed by atoms with Crippen LogP contribution in [0.3, 0.4) is 0 Å². The second kappa shape index (κ2) is 8.30. The molecule has 5 rings (SSSR count). The predicted octanol–water partition coefficient (Wildman–Crippen LogP) is 3.16. The average molecular weight is 402 g/mol. The van der Waals surface area contributed by atoms with E-state index < -0.39 is 5.95 Å². The topological polar surface area (TPSA) is 69.7 Å². The summed E-state index contributed by atoms with van der Waals surface area (Å²) in [5.41, 5.74) is 5.81. The van der Waals surface area contributed by atoms with Crippen LogP contribution >= 0.6 is 0 Å². The number of aromatic nitrogens is 4. The van der Waals surface area contributed by atoms with Crippen LogP contribution in [0.1, 0.15) is 17.1 Å². The first kappa shape index (κ1) is 18.8. The van der Waals surface area contributed by atoms with E-state index in [1.165, 1.54) is 17.8 Å². The van der Waals surface area contributed by atoms with Crippen LogP contribution in [0.15, 0.2) is 54.9 Å². The molecule has 30 heavy (non-hydrogen) atoms. The maximum atomic E-state index is 13.4. The lowest BCUT2D eigenvalue weighted by Gasteiger charge is -2.27. The Morgan fingerprint density at radius 3 is 2.63 bits per heavy atom. The van der Waals surface area contributed by atoms with E-state index in [0.717, 1.165) is 66.4 Å². The first-order valence-corrected chi connectivity index (χ1v) is 10.2. The number of fused-ring (bicyclic) bond motifs is 1. The maximum absolute atomic E-state index is 13.4. The van der Waals surface area contributed by atoms with Crippen LogP contribution in [-0.4, -0.2) is 51.0 Å². The van der Waals surface area contributed by atoms with Crippen molar-refractivity contribution in [2.75, 3.05) is 26.2 Å². The van der Waals surface area contributed by atoms with Crippen molar-refractivity contribution in [3.05, 3.63) is 77.9 Å². The van der Waals surface area contributed by atoms with E-state index in [1.54, 1.807) is 6.07 Å². The highest BCUT2D eigenvalue weighted by Gasteiger charge is 2.11. The Labute approximate surface area is 174 Å². The van der Waals surface area contributed by atoms with Crippen LogP contribution in [0.25, 0.3) is 22.2 Å². The second-order valence-electron chi connectivity index (χ2n) is 7.64. The number of hydrogen-bond acceptors (Lipinski definition) is 5. The Morgan fingerprint density at radius 1 is 0.933 bits per heavy atom. The number of pyridine rings is 2. The summed E-state index contributed by atoms with van der Waals surface area (Å²) in [5.74, 6) is 0.388. The van der Waals surface area contributed by atoms with Crippen molar-refractivity contribution in [1.82, 2.24) is 30.2 Å². The molecule has 0 bridgehead atoms. The largest absolute Gasteiger partial charge is 0.342 e. The highest BCUT2D eigenvalue weighted by atomic mass is 19.1. The Hall–Kier alpha value is -3.16. The van der Waals surface area contributed by atoms with Gasteiger partial charge in [0.2, 0.25) is 5.95 Å². The molecule has 1 aliphatic rings. The Bertz CT molecular complexity index is 1170. The van der Waals surface area contributed by atoms with Crippen molar-refractivity contribution in [3.8, 4) is 11.1 Å². The molecule has 1 aromatic carbocycles. The summed E-state index contributed by atoms with van der Waals surface area (Å²) < 4.78 is 13.4. The number of imidazole rings is 1. The van der Waals surface area contributed by atoms with Crippen LogP contribution < -0.4 is 5.32 Å². The van der Waals surface area contributed by atoms with Gasteiger partial charge in [-0.2, -0.15) is 4.39 Å². The molecule has 0 radical (unpaired) electrons. The van der Waals surface area contributed by atoms with Gasteiger partial charge in [-0.15, -0.1) is 0 Å². The fourth-order valence-electron chi connectivity index (χ4n) is 3.93. The third-order valence-corrected chi connectivity index (χ3v) is 5.44. The predicted molar refractivity (Wildman–Crippen MR) is 114 cm³/mol. The molecule has 152 valence electrons. The monoisotopic (exact) mass is 402 g/mol. The minimum Gasteiger partial charge on any atom is -0.342 e. The molecule has 0 aliphatic carbocycles. The van der Waals surface area contributed by atoms with Crippen molar-refractivity contribution in [2.24, 2.45) is 0 Å². The van der Waals surface area contributed by atoms with E-state index in [0.29, 0.717) is 6.42 Å². The Kier molecular flexibility index (Phi) is 5.21. The zero-order valence-electron chi connectivity index (χ0n) is 16.6. The fourth-order valence-corrected chi connectivity index (χ4v) is 3.93. The number of aromatic amines is 1. The Morgan fingerprint density at radius 2 is 1.77 bits per heavy atom. The van der Waals surface area contributed by atoms with Crippen LogP contribution in [0.4, 0.5) is 4.39 Å². The smallest absolute Gasteiger partial charge is 0.213 e. The first-order chi connectivity index (χ1) is 14.7. The van der Waals surface area contributed by atoms with E-state index in [1.807, 2.05) is 24.4 Å². The lowest BCUT2D eigenvalue weighted by molar-refractivity contribution is 0.233. The Balaban J connectivity index is 1.34. The molecule has 6 nitrogen and oxygen atoms in total. The van der Waals surface area contributed by atoms with Gasteiger partial charge in [-0.1, -0.05) is 6.07 Å². The van der Waals surface area contributed by atoms with E-state index in [9.17, 15) is 4.39 Å². The molecule has 0 saturated carbocycles. The SMILES string of the molecule is Fc1cc(-c2ccc3nc(Cc4cc(CN5CCNCC5)ccn4)[nH]c3c2)ccn1. The summed E-state index contributed by atoms with van der Waals surface area (Å²) in [6, 6.07) is 13.4. The molecule has 0 unspecified atom stereocenters. The number of nitrogens with one attached hydrogen (secondary N) is 2. The van der Waals surface area contributed by atoms with Crippen molar-refractivity contribution < 1.29 is 4.39 Å². The van der Waals surface area contributed by atoms with Gasteiger partial charge in [-0.05, 0) is 47.0 Å². The van der Waals surface area contributed by atoms with Crippen molar-refractivity contribution in [1.29, 1.82) is 0 Å². The third-order valence-electron chi connectivity index (χ3n) is 5.44. The summed E-state index contributed by atoms with van der Waals surface area (Å²) in [4.78, 5) is 18.7. The molecular formula is C23H23FN6. The molecule has 3 aromatic heterocycles. The average Bonchev–Trinajstić information content (AvgIpc) is 3.16. The van der Waals surface area contributed by atoms with Crippen LogP contribution in [0.5, 0.6) is 0 Å². The van der Waals surface area contributed by atoms with E-state index in [2.05, 4.69) is 37.3 Å². The number of piperazine rings is 1. The number of hydrogen-bond donors (Lipinski definition) is 2. The molecule has 4 aromatic rings.